The largest absolute Gasteiger partial charge is 0.426 e. The lowest BCUT2D eigenvalue weighted by atomic mass is 10.0. The maximum atomic E-state index is 12.3. The Hall–Kier alpha value is -3.66. The predicted molar refractivity (Wildman–Crippen MR) is 182 cm³/mol. The molecule has 0 heterocycles. The molecule has 0 amide bonds. The highest BCUT2D eigenvalue weighted by molar-refractivity contribution is 5.91. The Balaban J connectivity index is 0.885. The molecule has 0 unspecified atom stereocenters. The Morgan fingerprint density at radius 2 is 0.659 bits per heavy atom. The summed E-state index contributed by atoms with van der Waals surface area (Å²) in [4.78, 5) is 24.6. The van der Waals surface area contributed by atoms with Crippen molar-refractivity contribution >= 4 is 33.5 Å². The second-order valence-electron chi connectivity index (χ2n) is 12.1. The van der Waals surface area contributed by atoms with E-state index in [1.54, 1.807) is 0 Å². The van der Waals surface area contributed by atoms with E-state index in [9.17, 15) is 9.59 Å². The molecule has 44 heavy (non-hydrogen) atoms. The molecule has 0 aliphatic heterocycles. The first-order chi connectivity index (χ1) is 21.7. The number of benzene rings is 4. The monoisotopic (exact) mass is 594 g/mol. The van der Waals surface area contributed by atoms with E-state index in [1.807, 2.05) is 84.9 Å². The van der Waals surface area contributed by atoms with Gasteiger partial charge in [0.1, 0.15) is 11.5 Å². The lowest BCUT2D eigenvalue weighted by Crippen LogP contribution is -2.07. The molecule has 0 N–H and O–H groups in total. The van der Waals surface area contributed by atoms with Crippen molar-refractivity contribution in [1.82, 2.24) is 0 Å². The maximum absolute atomic E-state index is 12.3. The molecule has 4 aromatic rings. The standard InChI is InChI=1S/C40H50O4/c41-39(43-37-29-21-25-33-23-17-19-27-35(33)37)31-15-13-11-9-7-5-3-1-2-4-6-8-10-12-14-16-32-40(42)44-38-30-22-26-34-24-18-20-28-36(34)38/h17-30H,1-16,31-32H2. The van der Waals surface area contributed by atoms with Gasteiger partial charge in [0.25, 0.3) is 0 Å². The van der Waals surface area contributed by atoms with Crippen LogP contribution in [0.4, 0.5) is 0 Å². The second kappa shape index (κ2) is 19.6. The second-order valence-corrected chi connectivity index (χ2v) is 12.1. The van der Waals surface area contributed by atoms with Crippen molar-refractivity contribution in [2.24, 2.45) is 0 Å². The van der Waals surface area contributed by atoms with Crippen LogP contribution < -0.4 is 9.47 Å². The van der Waals surface area contributed by atoms with Gasteiger partial charge in [-0.05, 0) is 35.7 Å². The number of hydrogen-bond donors (Lipinski definition) is 0. The Labute approximate surface area is 264 Å². The fourth-order valence-corrected chi connectivity index (χ4v) is 5.93. The maximum Gasteiger partial charge on any atom is 0.311 e. The summed E-state index contributed by atoms with van der Waals surface area (Å²) in [6.07, 6.45) is 20.5. The molecule has 4 nitrogen and oxygen atoms in total. The van der Waals surface area contributed by atoms with Crippen molar-refractivity contribution in [3.05, 3.63) is 84.9 Å². The van der Waals surface area contributed by atoms with Gasteiger partial charge in [0.2, 0.25) is 0 Å². The van der Waals surface area contributed by atoms with Crippen LogP contribution in [0.3, 0.4) is 0 Å². The van der Waals surface area contributed by atoms with Gasteiger partial charge in [-0.25, -0.2) is 0 Å². The molecule has 4 heteroatoms. The first-order valence-electron chi connectivity index (χ1n) is 17.1. The summed E-state index contributed by atoms with van der Waals surface area (Å²) in [7, 11) is 0. The van der Waals surface area contributed by atoms with Crippen molar-refractivity contribution in [1.29, 1.82) is 0 Å². The van der Waals surface area contributed by atoms with E-state index in [0.29, 0.717) is 24.3 Å². The Morgan fingerprint density at radius 3 is 1.02 bits per heavy atom. The average molecular weight is 595 g/mol. The Morgan fingerprint density at radius 1 is 0.364 bits per heavy atom. The van der Waals surface area contributed by atoms with Crippen LogP contribution in [0, 0.1) is 0 Å². The van der Waals surface area contributed by atoms with Crippen LogP contribution in [-0.4, -0.2) is 11.9 Å². The third kappa shape index (κ3) is 11.8. The SMILES string of the molecule is O=C(CCCCCCCCCCCCCCCCCCC(=O)Oc1cccc2ccccc12)Oc1cccc2ccccc12. The number of rotatable bonds is 21. The number of esters is 2. The molecule has 0 aromatic heterocycles. The zero-order valence-corrected chi connectivity index (χ0v) is 26.4. The first kappa shape index (κ1) is 33.2. The van der Waals surface area contributed by atoms with Crippen molar-refractivity contribution < 1.29 is 19.1 Å². The number of fused-ring (bicyclic) bond motifs is 2. The normalized spacial score (nSPS) is 11.2. The molecule has 0 bridgehead atoms. The number of carbonyl (C=O) groups excluding carboxylic acids is 2. The number of carbonyl (C=O) groups is 2. The zero-order valence-electron chi connectivity index (χ0n) is 26.4. The highest BCUT2D eigenvalue weighted by Crippen LogP contribution is 2.27. The molecule has 0 spiro atoms. The molecule has 0 atom stereocenters. The van der Waals surface area contributed by atoms with E-state index in [-0.39, 0.29) is 11.9 Å². The van der Waals surface area contributed by atoms with Gasteiger partial charge >= 0.3 is 11.9 Å². The molecule has 0 fully saturated rings. The van der Waals surface area contributed by atoms with Gasteiger partial charge in [-0.1, -0.05) is 163 Å². The van der Waals surface area contributed by atoms with Crippen LogP contribution in [0.1, 0.15) is 116 Å². The van der Waals surface area contributed by atoms with E-state index in [0.717, 1.165) is 47.2 Å². The van der Waals surface area contributed by atoms with Crippen LogP contribution in [0.15, 0.2) is 84.9 Å². The minimum absolute atomic E-state index is 0.128. The van der Waals surface area contributed by atoms with Crippen molar-refractivity contribution in [2.45, 2.75) is 116 Å². The molecule has 0 aliphatic rings. The highest BCUT2D eigenvalue weighted by atomic mass is 16.5. The first-order valence-corrected chi connectivity index (χ1v) is 17.1. The van der Waals surface area contributed by atoms with E-state index < -0.39 is 0 Å². The van der Waals surface area contributed by atoms with Crippen LogP contribution in [-0.2, 0) is 9.59 Å². The van der Waals surface area contributed by atoms with Gasteiger partial charge in [-0.3, -0.25) is 9.59 Å². The zero-order chi connectivity index (χ0) is 30.7. The van der Waals surface area contributed by atoms with Crippen molar-refractivity contribution in [3.63, 3.8) is 0 Å². The van der Waals surface area contributed by atoms with Crippen LogP contribution in [0.25, 0.3) is 21.5 Å². The lowest BCUT2D eigenvalue weighted by molar-refractivity contribution is -0.135. The Bertz CT molecular complexity index is 1310. The van der Waals surface area contributed by atoms with Crippen LogP contribution in [0.5, 0.6) is 11.5 Å². The van der Waals surface area contributed by atoms with Crippen molar-refractivity contribution in [2.75, 3.05) is 0 Å². The molecule has 0 aliphatic carbocycles. The summed E-state index contributed by atoms with van der Waals surface area (Å²) in [6, 6.07) is 27.7. The van der Waals surface area contributed by atoms with Gasteiger partial charge in [0, 0.05) is 23.6 Å². The molecule has 0 radical (unpaired) electrons. The van der Waals surface area contributed by atoms with E-state index in [2.05, 4.69) is 0 Å². The topological polar surface area (TPSA) is 52.6 Å². The van der Waals surface area contributed by atoms with Crippen LogP contribution >= 0.6 is 0 Å². The minimum atomic E-state index is -0.128. The molecule has 234 valence electrons. The smallest absolute Gasteiger partial charge is 0.311 e. The van der Waals surface area contributed by atoms with Gasteiger partial charge in [0.05, 0.1) is 0 Å². The van der Waals surface area contributed by atoms with Crippen LogP contribution in [0.2, 0.25) is 0 Å². The fraction of sp³-hybridized carbons (Fsp3) is 0.450. The summed E-state index contributed by atoms with van der Waals surface area (Å²) in [5, 5.41) is 4.17. The van der Waals surface area contributed by atoms with E-state index >= 15 is 0 Å². The molecule has 4 aromatic carbocycles. The third-order valence-electron chi connectivity index (χ3n) is 8.46. The lowest BCUT2D eigenvalue weighted by Gasteiger charge is -2.08. The average Bonchev–Trinajstić information content (AvgIpc) is 3.04. The van der Waals surface area contributed by atoms with Crippen molar-refractivity contribution in [3.8, 4) is 11.5 Å². The number of ether oxygens (including phenoxy) is 2. The fourth-order valence-electron chi connectivity index (χ4n) is 5.93. The minimum Gasteiger partial charge on any atom is -0.426 e. The van der Waals surface area contributed by atoms with Gasteiger partial charge in [-0.2, -0.15) is 0 Å². The summed E-state index contributed by atoms with van der Waals surface area (Å²) in [5.41, 5.74) is 0. The molecular formula is C40H50O4. The van der Waals surface area contributed by atoms with E-state index in [4.69, 9.17) is 9.47 Å². The summed E-state index contributed by atoms with van der Waals surface area (Å²) in [5.74, 6) is 1.07. The number of hydrogen-bond acceptors (Lipinski definition) is 4. The molecule has 4 rings (SSSR count). The number of unbranched alkanes of at least 4 members (excludes halogenated alkanes) is 15. The molecule has 0 saturated carbocycles. The van der Waals surface area contributed by atoms with Gasteiger partial charge < -0.3 is 9.47 Å². The van der Waals surface area contributed by atoms with Gasteiger partial charge in [0.15, 0.2) is 0 Å². The molecular weight excluding hydrogens is 544 g/mol. The Kier molecular flexibility index (Phi) is 14.8. The quantitative estimate of drug-likeness (QED) is 0.0547. The van der Waals surface area contributed by atoms with E-state index in [1.165, 1.54) is 77.0 Å². The predicted octanol–water partition coefficient (Wildman–Crippen LogP) is 11.5. The summed E-state index contributed by atoms with van der Waals surface area (Å²) in [6.45, 7) is 0. The summed E-state index contributed by atoms with van der Waals surface area (Å²) < 4.78 is 11.3. The highest BCUT2D eigenvalue weighted by Gasteiger charge is 2.09. The third-order valence-corrected chi connectivity index (χ3v) is 8.46. The molecule has 0 saturated heterocycles. The van der Waals surface area contributed by atoms with Gasteiger partial charge in [-0.15, -0.1) is 0 Å². The summed E-state index contributed by atoms with van der Waals surface area (Å²) >= 11 is 0.